The Morgan fingerprint density at radius 3 is 2.38 bits per heavy atom. The van der Waals surface area contributed by atoms with Gasteiger partial charge in [-0.3, -0.25) is 4.79 Å². The summed E-state index contributed by atoms with van der Waals surface area (Å²) in [5.41, 5.74) is 0.856. The first-order valence-electron chi connectivity index (χ1n) is 14.4. The van der Waals surface area contributed by atoms with Crippen molar-refractivity contribution < 1.29 is 18.3 Å². The normalized spacial score (nSPS) is 21.4. The predicted octanol–water partition coefficient (Wildman–Crippen LogP) is 6.93. The van der Waals surface area contributed by atoms with Gasteiger partial charge in [-0.25, -0.2) is 13.8 Å². The molecule has 0 bridgehead atoms. The molecule has 0 spiro atoms. The molecule has 3 aliphatic rings. The Labute approximate surface area is 223 Å². The summed E-state index contributed by atoms with van der Waals surface area (Å²) in [6.07, 6.45) is 14.4. The Balaban J connectivity index is 1.44. The Bertz CT molecular complexity index is 1040. The molecule has 3 fully saturated rings. The summed E-state index contributed by atoms with van der Waals surface area (Å²) in [6, 6.07) is 2.03. The van der Waals surface area contributed by atoms with Gasteiger partial charge in [0.05, 0.1) is 11.0 Å². The quantitative estimate of drug-likeness (QED) is 0.380. The molecule has 8 heteroatoms. The van der Waals surface area contributed by atoms with Crippen LogP contribution in [0.25, 0.3) is 11.0 Å². The molecule has 1 unspecified atom stereocenters. The first-order chi connectivity index (χ1) is 18.1. The minimum Gasteiger partial charge on any atom is -0.373 e. The highest BCUT2D eigenvalue weighted by Gasteiger charge is 2.31. The van der Waals surface area contributed by atoms with Gasteiger partial charge in [0.15, 0.2) is 11.6 Å². The Kier molecular flexibility index (Phi) is 9.40. The summed E-state index contributed by atoms with van der Waals surface area (Å²) in [5.74, 6) is 1.90. The maximum atomic E-state index is 14.5. The monoisotopic (exact) mass is 533 g/mol. The maximum absolute atomic E-state index is 14.5. The van der Waals surface area contributed by atoms with E-state index in [1.165, 1.54) is 44.6 Å². The molecule has 0 radical (unpaired) electrons. The fraction of sp³-hybridized carbons (Fsp3) is 0.724. The van der Waals surface area contributed by atoms with E-state index in [9.17, 15) is 13.6 Å². The van der Waals surface area contributed by atoms with Crippen LogP contribution in [0.4, 0.5) is 8.78 Å². The van der Waals surface area contributed by atoms with Gasteiger partial charge in [0.25, 0.3) is 0 Å². The summed E-state index contributed by atoms with van der Waals surface area (Å²) in [5, 5.41) is 3.32. The summed E-state index contributed by atoms with van der Waals surface area (Å²) < 4.78 is 36.7. The summed E-state index contributed by atoms with van der Waals surface area (Å²) in [6.45, 7) is 0.896. The fourth-order valence-corrected chi connectivity index (χ4v) is 7.64. The van der Waals surface area contributed by atoms with Crippen LogP contribution in [0.1, 0.15) is 95.3 Å². The first kappa shape index (κ1) is 26.9. The largest absolute Gasteiger partial charge is 0.373 e. The molecular weight excluding hydrogens is 492 g/mol. The summed E-state index contributed by atoms with van der Waals surface area (Å²) >= 11 is 1.96. The van der Waals surface area contributed by atoms with Gasteiger partial charge < -0.3 is 14.6 Å². The van der Waals surface area contributed by atoms with E-state index < -0.39 is 17.7 Å². The Hall–Kier alpha value is -1.67. The lowest BCUT2D eigenvalue weighted by Crippen LogP contribution is -2.42. The third-order valence-electron chi connectivity index (χ3n) is 8.58. The van der Waals surface area contributed by atoms with Crippen molar-refractivity contribution in [2.45, 2.75) is 102 Å². The highest BCUT2D eigenvalue weighted by atomic mass is 32.2. The molecule has 2 saturated carbocycles. The molecule has 1 N–H and O–H groups in total. The number of hydrogen-bond acceptors (Lipinski definition) is 4. The smallest absolute Gasteiger partial charge is 0.243 e. The number of aromatic nitrogens is 2. The number of imidazole rings is 1. The van der Waals surface area contributed by atoms with Gasteiger partial charge >= 0.3 is 0 Å². The number of carbonyl (C=O) groups is 1. The highest BCUT2D eigenvalue weighted by Crippen LogP contribution is 2.34. The van der Waals surface area contributed by atoms with Crippen LogP contribution in [0.15, 0.2) is 12.1 Å². The van der Waals surface area contributed by atoms with Crippen molar-refractivity contribution in [3.63, 3.8) is 0 Å². The van der Waals surface area contributed by atoms with Gasteiger partial charge in [0.2, 0.25) is 5.91 Å². The van der Waals surface area contributed by atoms with Gasteiger partial charge in [-0.2, -0.15) is 11.8 Å². The zero-order valence-corrected chi connectivity index (χ0v) is 22.7. The molecule has 204 valence electrons. The Morgan fingerprint density at radius 1 is 0.973 bits per heavy atom. The van der Waals surface area contributed by atoms with Crippen LogP contribution in [0.3, 0.4) is 0 Å². The fourth-order valence-electron chi connectivity index (χ4n) is 6.43. The molecule has 1 aliphatic heterocycles. The number of fused-ring (bicyclic) bond motifs is 1. The van der Waals surface area contributed by atoms with Crippen LogP contribution in [0.5, 0.6) is 0 Å². The van der Waals surface area contributed by atoms with Gasteiger partial charge in [0, 0.05) is 24.8 Å². The standard InChI is InChI=1S/C29H41F2N3O2S/c30-23-16-25-26(17-24(23)31)34(28(33-25)19-36-18-21-7-3-1-4-8-21)27(15-20-11-13-37-14-12-20)29(35)32-22-9-5-2-6-10-22/h16-17,20-22,27H,1-15,18-19H2,(H,32,35). The van der Waals surface area contributed by atoms with E-state index in [1.807, 2.05) is 16.3 Å². The lowest BCUT2D eigenvalue weighted by Gasteiger charge is -2.30. The SMILES string of the molecule is O=C(NC1CCCCC1)C(CC1CCSCC1)n1c(COCC2CCCCC2)nc2cc(F)c(F)cc21. The molecule has 5 nitrogen and oxygen atoms in total. The zero-order valence-electron chi connectivity index (χ0n) is 21.9. The Morgan fingerprint density at radius 2 is 1.65 bits per heavy atom. The molecule has 1 atom stereocenters. The van der Waals surface area contributed by atoms with Crippen LogP contribution in [0.2, 0.25) is 0 Å². The minimum atomic E-state index is -0.917. The highest BCUT2D eigenvalue weighted by molar-refractivity contribution is 7.99. The number of hydrogen-bond donors (Lipinski definition) is 1. The summed E-state index contributed by atoms with van der Waals surface area (Å²) in [7, 11) is 0. The lowest BCUT2D eigenvalue weighted by molar-refractivity contribution is -0.125. The van der Waals surface area contributed by atoms with E-state index in [0.717, 1.165) is 56.1 Å². The maximum Gasteiger partial charge on any atom is 0.243 e. The lowest BCUT2D eigenvalue weighted by atomic mass is 9.90. The van der Waals surface area contributed by atoms with Gasteiger partial charge in [-0.1, -0.05) is 38.5 Å². The predicted molar refractivity (Wildman–Crippen MR) is 145 cm³/mol. The first-order valence-corrected chi connectivity index (χ1v) is 15.6. The second-order valence-electron chi connectivity index (χ2n) is 11.3. The molecule has 5 rings (SSSR count). The topological polar surface area (TPSA) is 56.2 Å². The van der Waals surface area contributed by atoms with Crippen LogP contribution in [-0.2, 0) is 16.1 Å². The van der Waals surface area contributed by atoms with Crippen molar-refractivity contribution in [1.29, 1.82) is 0 Å². The molecule has 1 aromatic carbocycles. The van der Waals surface area contributed by atoms with Gasteiger partial charge in [0.1, 0.15) is 18.5 Å². The number of rotatable bonds is 9. The number of halogens is 2. The number of ether oxygens (including phenoxy) is 1. The molecular formula is C29H41F2N3O2S. The van der Waals surface area contributed by atoms with Crippen molar-refractivity contribution in [3.05, 3.63) is 29.6 Å². The third kappa shape index (κ3) is 6.86. The number of nitrogens with zero attached hydrogens (tertiary/aromatic N) is 2. The number of thioether (sulfide) groups is 1. The van der Waals surface area contributed by atoms with E-state index >= 15 is 0 Å². The van der Waals surface area contributed by atoms with Crippen LogP contribution in [0, 0.1) is 23.5 Å². The molecule has 1 saturated heterocycles. The number of carbonyl (C=O) groups excluding carboxylic acids is 1. The van der Waals surface area contributed by atoms with Crippen molar-refractivity contribution >= 4 is 28.7 Å². The van der Waals surface area contributed by atoms with E-state index in [0.29, 0.717) is 41.7 Å². The average Bonchev–Trinajstić information content (AvgIpc) is 3.25. The molecule has 37 heavy (non-hydrogen) atoms. The zero-order chi connectivity index (χ0) is 25.6. The van der Waals surface area contributed by atoms with Crippen LogP contribution in [-0.4, -0.2) is 39.6 Å². The summed E-state index contributed by atoms with van der Waals surface area (Å²) in [4.78, 5) is 18.6. The van der Waals surface area contributed by atoms with Crippen molar-refractivity contribution in [2.75, 3.05) is 18.1 Å². The van der Waals surface area contributed by atoms with E-state index in [-0.39, 0.29) is 18.6 Å². The molecule has 1 aromatic heterocycles. The minimum absolute atomic E-state index is 0.0253. The molecule has 2 heterocycles. The van der Waals surface area contributed by atoms with E-state index in [1.54, 1.807) is 0 Å². The van der Waals surface area contributed by atoms with E-state index in [4.69, 9.17) is 4.74 Å². The van der Waals surface area contributed by atoms with Crippen molar-refractivity contribution in [2.24, 2.45) is 11.8 Å². The van der Waals surface area contributed by atoms with Crippen molar-refractivity contribution in [1.82, 2.24) is 14.9 Å². The second-order valence-corrected chi connectivity index (χ2v) is 12.5. The van der Waals surface area contributed by atoms with E-state index in [2.05, 4.69) is 10.3 Å². The number of benzene rings is 1. The van der Waals surface area contributed by atoms with Crippen LogP contribution >= 0.6 is 11.8 Å². The van der Waals surface area contributed by atoms with Gasteiger partial charge in [-0.05, 0) is 68.3 Å². The average molecular weight is 534 g/mol. The second kappa shape index (κ2) is 12.9. The number of nitrogens with one attached hydrogen (secondary N) is 1. The van der Waals surface area contributed by atoms with Crippen molar-refractivity contribution in [3.8, 4) is 0 Å². The van der Waals surface area contributed by atoms with Gasteiger partial charge in [-0.15, -0.1) is 0 Å². The van der Waals surface area contributed by atoms with Crippen LogP contribution < -0.4 is 5.32 Å². The molecule has 2 aliphatic carbocycles. The number of amides is 1. The molecule has 1 amide bonds. The molecule has 2 aromatic rings. The third-order valence-corrected chi connectivity index (χ3v) is 9.63.